The van der Waals surface area contributed by atoms with E-state index in [1.165, 1.54) is 6.42 Å². The molecule has 4 fully saturated rings. The Morgan fingerprint density at radius 3 is 2.59 bits per heavy atom. The lowest BCUT2D eigenvalue weighted by atomic mass is 9.46. The fourth-order valence-corrected chi connectivity index (χ4v) is 7.59. The van der Waals surface area contributed by atoms with Crippen LogP contribution in [0.2, 0.25) is 10.0 Å². The van der Waals surface area contributed by atoms with Crippen LogP contribution in [-0.4, -0.2) is 30.5 Å². The van der Waals surface area contributed by atoms with Gasteiger partial charge in [-0.3, -0.25) is 9.48 Å². The molecule has 4 saturated carbocycles. The molecule has 0 aliphatic heterocycles. The second-order valence-corrected chi connectivity index (χ2v) is 12.0. The third kappa shape index (κ3) is 3.78. The van der Waals surface area contributed by atoms with E-state index in [1.807, 2.05) is 40.8 Å². The third-order valence-corrected chi connectivity index (χ3v) is 9.10. The minimum absolute atomic E-state index is 0.0874. The maximum Gasteiger partial charge on any atom is 0.231 e. The molecule has 2 heterocycles. The lowest BCUT2D eigenvalue weighted by molar-refractivity contribution is -0.150. The van der Waals surface area contributed by atoms with E-state index < -0.39 is 0 Å². The average molecular weight is 564 g/mol. The van der Waals surface area contributed by atoms with Crippen LogP contribution in [0.5, 0.6) is 0 Å². The van der Waals surface area contributed by atoms with E-state index in [0.717, 1.165) is 43.4 Å². The molecule has 0 saturated heterocycles. The summed E-state index contributed by atoms with van der Waals surface area (Å²) in [5.74, 6) is 1.77. The topological polar surface area (TPSA) is 77.6 Å². The second-order valence-electron chi connectivity index (χ2n) is 10.5. The molecular weight excluding hydrogens is 539 g/mol. The first-order valence-corrected chi connectivity index (χ1v) is 13.2. The van der Waals surface area contributed by atoms with Crippen LogP contribution < -0.4 is 5.32 Å². The van der Waals surface area contributed by atoms with Gasteiger partial charge in [0, 0.05) is 11.8 Å². The van der Waals surface area contributed by atoms with Gasteiger partial charge in [0.2, 0.25) is 10.6 Å². The number of anilines is 1. The molecular formula is C24H25BrCl2N6O. The number of benzene rings is 1. The first kappa shape index (κ1) is 22.6. The number of amides is 1. The monoisotopic (exact) mass is 562 g/mol. The standard InChI is InChI=1S/C24H25BrCl2N6O/c1-14-4-20(30-32(14)11-15-2-3-18(26)19(27)6-15)29-21(34)23-7-16-5-17(8-23)10-24(9-16,12-23)33-13-28-22(25)31-33/h2-4,6,13,16-17H,5,7-12H2,1H3,(H,29,30,34). The highest BCUT2D eigenvalue weighted by atomic mass is 79.9. The van der Waals surface area contributed by atoms with Crippen LogP contribution in [0.1, 0.15) is 49.8 Å². The Labute approximate surface area is 216 Å². The first-order valence-electron chi connectivity index (χ1n) is 11.6. The molecule has 3 aromatic rings. The Hall–Kier alpha value is -1.90. The molecule has 4 aliphatic rings. The average Bonchev–Trinajstić information content (AvgIpc) is 3.36. The predicted octanol–water partition coefficient (Wildman–Crippen LogP) is 5.83. The first-order chi connectivity index (χ1) is 16.2. The van der Waals surface area contributed by atoms with E-state index in [9.17, 15) is 4.79 Å². The van der Waals surface area contributed by atoms with Gasteiger partial charge in [-0.15, -0.1) is 5.10 Å². The number of halogens is 3. The molecule has 0 spiro atoms. The minimum Gasteiger partial charge on any atom is -0.309 e. The Balaban J connectivity index is 1.23. The summed E-state index contributed by atoms with van der Waals surface area (Å²) < 4.78 is 4.50. The summed E-state index contributed by atoms with van der Waals surface area (Å²) in [6.07, 6.45) is 7.86. The number of hydrogen-bond donors (Lipinski definition) is 1. The highest BCUT2D eigenvalue weighted by Crippen LogP contribution is 2.64. The molecule has 7 nitrogen and oxygen atoms in total. The zero-order valence-electron chi connectivity index (χ0n) is 18.8. The zero-order valence-corrected chi connectivity index (χ0v) is 21.9. The maximum absolute atomic E-state index is 13.8. The molecule has 2 unspecified atom stereocenters. The van der Waals surface area contributed by atoms with Crippen LogP contribution in [0.25, 0.3) is 0 Å². The van der Waals surface area contributed by atoms with Gasteiger partial charge < -0.3 is 5.32 Å². The number of aryl methyl sites for hydroxylation is 1. The molecule has 4 aliphatic carbocycles. The number of carbonyl (C=O) groups is 1. The zero-order chi connectivity index (χ0) is 23.7. The van der Waals surface area contributed by atoms with Gasteiger partial charge in [0.05, 0.1) is 27.5 Å². The Kier molecular flexibility index (Phi) is 5.35. The number of rotatable bonds is 5. The summed E-state index contributed by atoms with van der Waals surface area (Å²) in [6, 6.07) is 7.50. The number of hydrogen-bond acceptors (Lipinski definition) is 4. The maximum atomic E-state index is 13.8. The summed E-state index contributed by atoms with van der Waals surface area (Å²) in [5, 5.41) is 13.5. The second kappa shape index (κ2) is 8.07. The summed E-state index contributed by atoms with van der Waals surface area (Å²) in [7, 11) is 0. The minimum atomic E-state index is -0.385. The van der Waals surface area contributed by atoms with Crippen LogP contribution in [0.4, 0.5) is 5.82 Å². The van der Waals surface area contributed by atoms with E-state index in [1.54, 1.807) is 6.07 Å². The highest BCUT2D eigenvalue weighted by Gasteiger charge is 2.61. The predicted molar refractivity (Wildman–Crippen MR) is 134 cm³/mol. The molecule has 2 aromatic heterocycles. The van der Waals surface area contributed by atoms with Crippen molar-refractivity contribution in [3.8, 4) is 0 Å². The van der Waals surface area contributed by atoms with Crippen LogP contribution in [0, 0.1) is 24.2 Å². The van der Waals surface area contributed by atoms with Crippen molar-refractivity contribution in [1.29, 1.82) is 0 Å². The summed E-state index contributed by atoms with van der Waals surface area (Å²) in [5.41, 5.74) is 1.46. The van der Waals surface area contributed by atoms with E-state index in [-0.39, 0.29) is 16.9 Å². The van der Waals surface area contributed by atoms with Crippen molar-refractivity contribution in [2.75, 3.05) is 5.32 Å². The van der Waals surface area contributed by atoms with Crippen LogP contribution in [0.15, 0.2) is 35.3 Å². The SMILES string of the molecule is Cc1cc(NC(=O)C23CC4CC(C2)CC(n2cnc(Br)n2)(C4)C3)nn1Cc1ccc(Cl)c(Cl)c1. The molecule has 1 N–H and O–H groups in total. The van der Waals surface area contributed by atoms with Crippen molar-refractivity contribution >= 4 is 50.9 Å². The molecule has 1 aromatic carbocycles. The van der Waals surface area contributed by atoms with Crippen molar-refractivity contribution < 1.29 is 4.79 Å². The van der Waals surface area contributed by atoms with Crippen LogP contribution in [-0.2, 0) is 16.9 Å². The quantitative estimate of drug-likeness (QED) is 0.423. The van der Waals surface area contributed by atoms with Crippen molar-refractivity contribution in [2.24, 2.45) is 17.3 Å². The fourth-order valence-electron chi connectivity index (χ4n) is 7.01. The molecule has 34 heavy (non-hydrogen) atoms. The van der Waals surface area contributed by atoms with Gasteiger partial charge in [-0.1, -0.05) is 29.3 Å². The summed E-state index contributed by atoms with van der Waals surface area (Å²) >= 11 is 15.6. The van der Waals surface area contributed by atoms with Gasteiger partial charge in [-0.05, 0) is 90.9 Å². The highest BCUT2D eigenvalue weighted by molar-refractivity contribution is 9.10. The Morgan fingerprint density at radius 2 is 1.91 bits per heavy atom. The molecule has 1 amide bonds. The van der Waals surface area contributed by atoms with Crippen molar-refractivity contribution in [3.63, 3.8) is 0 Å². The lowest BCUT2D eigenvalue weighted by Gasteiger charge is -2.60. The summed E-state index contributed by atoms with van der Waals surface area (Å²) in [4.78, 5) is 18.1. The van der Waals surface area contributed by atoms with E-state index in [4.69, 9.17) is 23.2 Å². The van der Waals surface area contributed by atoms with Gasteiger partial charge in [-0.2, -0.15) is 5.10 Å². The van der Waals surface area contributed by atoms with Crippen LogP contribution >= 0.6 is 39.1 Å². The molecule has 178 valence electrons. The third-order valence-electron chi connectivity index (χ3n) is 8.00. The number of nitrogens with zero attached hydrogens (tertiary/aromatic N) is 5. The lowest BCUT2D eigenvalue weighted by Crippen LogP contribution is -2.60. The van der Waals surface area contributed by atoms with Crippen molar-refractivity contribution in [2.45, 2.75) is 57.5 Å². The molecule has 10 heteroatoms. The Morgan fingerprint density at radius 1 is 1.15 bits per heavy atom. The fraction of sp³-hybridized carbons (Fsp3) is 0.500. The smallest absolute Gasteiger partial charge is 0.231 e. The molecule has 2 atom stereocenters. The van der Waals surface area contributed by atoms with Gasteiger partial charge in [0.25, 0.3) is 0 Å². The number of aromatic nitrogens is 5. The Bertz CT molecular complexity index is 1270. The van der Waals surface area contributed by atoms with Crippen molar-refractivity contribution in [3.05, 3.63) is 56.6 Å². The van der Waals surface area contributed by atoms with Gasteiger partial charge in [-0.25, -0.2) is 9.67 Å². The van der Waals surface area contributed by atoms with Gasteiger partial charge >= 0.3 is 0 Å². The van der Waals surface area contributed by atoms with Gasteiger partial charge in [0.1, 0.15) is 6.33 Å². The number of carbonyl (C=O) groups excluding carboxylic acids is 1. The van der Waals surface area contributed by atoms with E-state index in [2.05, 4.69) is 36.4 Å². The normalized spacial score (nSPS) is 29.5. The molecule has 7 rings (SSSR count). The largest absolute Gasteiger partial charge is 0.309 e. The molecule has 4 bridgehead atoms. The summed E-state index contributed by atoms with van der Waals surface area (Å²) in [6.45, 7) is 2.54. The number of nitrogens with one attached hydrogen (secondary N) is 1. The van der Waals surface area contributed by atoms with Crippen molar-refractivity contribution in [1.82, 2.24) is 24.5 Å². The van der Waals surface area contributed by atoms with Gasteiger partial charge in [0.15, 0.2) is 5.82 Å². The molecule has 0 radical (unpaired) electrons. The van der Waals surface area contributed by atoms with E-state index in [0.29, 0.717) is 39.0 Å². The van der Waals surface area contributed by atoms with E-state index >= 15 is 0 Å². The van der Waals surface area contributed by atoms with Crippen LogP contribution in [0.3, 0.4) is 0 Å².